The second-order valence-electron chi connectivity index (χ2n) is 5.87. The first-order valence-electron chi connectivity index (χ1n) is 8.16. The number of carbonyl (C=O) groups is 1. The molecule has 0 bridgehead atoms. The molecule has 0 amide bonds. The van der Waals surface area contributed by atoms with Gasteiger partial charge in [0.05, 0.1) is 0 Å². The van der Waals surface area contributed by atoms with E-state index < -0.39 is 12.5 Å². The summed E-state index contributed by atoms with van der Waals surface area (Å²) in [5, 5.41) is 3.46. The predicted octanol–water partition coefficient (Wildman–Crippen LogP) is 1.90. The SMILES string of the molecule is CCCN1CCCN(C2CCNCC2)CC1.O=CC(F)(F)F. The van der Waals surface area contributed by atoms with Crippen LogP contribution in [0.1, 0.15) is 32.6 Å². The highest BCUT2D eigenvalue weighted by molar-refractivity contribution is 5.56. The van der Waals surface area contributed by atoms with Crippen LogP contribution in [-0.4, -0.2) is 74.1 Å². The third-order valence-corrected chi connectivity index (χ3v) is 4.12. The van der Waals surface area contributed by atoms with Crippen molar-refractivity contribution in [2.24, 2.45) is 0 Å². The van der Waals surface area contributed by atoms with Crippen LogP contribution in [-0.2, 0) is 4.79 Å². The highest BCUT2D eigenvalue weighted by Gasteiger charge is 2.25. The zero-order valence-electron chi connectivity index (χ0n) is 13.4. The third-order valence-electron chi connectivity index (χ3n) is 4.12. The van der Waals surface area contributed by atoms with Gasteiger partial charge in [-0.15, -0.1) is 0 Å². The summed E-state index contributed by atoms with van der Waals surface area (Å²) in [5.41, 5.74) is 0. The Balaban J connectivity index is 0.000000346. The first kappa shape index (κ1) is 19.4. The van der Waals surface area contributed by atoms with Crippen molar-refractivity contribution < 1.29 is 18.0 Å². The minimum Gasteiger partial charge on any atom is -0.317 e. The second kappa shape index (κ2) is 10.2. The molecular weight excluding hydrogens is 295 g/mol. The van der Waals surface area contributed by atoms with E-state index in [2.05, 4.69) is 22.0 Å². The number of rotatable bonds is 3. The van der Waals surface area contributed by atoms with Gasteiger partial charge >= 0.3 is 6.18 Å². The van der Waals surface area contributed by atoms with Gasteiger partial charge in [-0.25, -0.2) is 0 Å². The average Bonchev–Trinajstić information content (AvgIpc) is 2.74. The van der Waals surface area contributed by atoms with Crippen LogP contribution in [0.4, 0.5) is 13.2 Å². The molecule has 7 heteroatoms. The quantitative estimate of drug-likeness (QED) is 0.805. The Morgan fingerprint density at radius 2 is 1.77 bits per heavy atom. The van der Waals surface area contributed by atoms with Gasteiger partial charge in [0, 0.05) is 19.1 Å². The maximum Gasteiger partial charge on any atom is 0.446 e. The van der Waals surface area contributed by atoms with Crippen molar-refractivity contribution >= 4 is 6.29 Å². The number of alkyl halides is 3. The Labute approximate surface area is 131 Å². The molecule has 2 aliphatic rings. The van der Waals surface area contributed by atoms with Crippen LogP contribution in [0.3, 0.4) is 0 Å². The Morgan fingerprint density at radius 3 is 2.32 bits per heavy atom. The van der Waals surface area contributed by atoms with E-state index in [9.17, 15) is 13.2 Å². The van der Waals surface area contributed by atoms with E-state index in [1.54, 1.807) is 0 Å². The summed E-state index contributed by atoms with van der Waals surface area (Å²) in [6.45, 7) is 11.2. The minimum absolute atomic E-state index is 0.864. The van der Waals surface area contributed by atoms with E-state index >= 15 is 0 Å². The molecule has 2 aliphatic heterocycles. The van der Waals surface area contributed by atoms with Crippen LogP contribution in [0.5, 0.6) is 0 Å². The number of aldehydes is 1. The van der Waals surface area contributed by atoms with Gasteiger partial charge in [-0.2, -0.15) is 13.2 Å². The van der Waals surface area contributed by atoms with Crippen molar-refractivity contribution in [2.45, 2.75) is 44.8 Å². The predicted molar refractivity (Wildman–Crippen MR) is 80.9 cm³/mol. The summed E-state index contributed by atoms with van der Waals surface area (Å²) in [6.07, 6.45) is -0.328. The van der Waals surface area contributed by atoms with E-state index in [-0.39, 0.29) is 0 Å². The molecule has 0 aromatic carbocycles. The first-order valence-corrected chi connectivity index (χ1v) is 8.16. The van der Waals surface area contributed by atoms with Crippen LogP contribution in [0.15, 0.2) is 0 Å². The first-order chi connectivity index (χ1) is 10.5. The third kappa shape index (κ3) is 8.10. The van der Waals surface area contributed by atoms with Gasteiger partial charge in [0.25, 0.3) is 0 Å². The minimum atomic E-state index is -4.64. The topological polar surface area (TPSA) is 35.6 Å². The maximum atomic E-state index is 10.4. The van der Waals surface area contributed by atoms with E-state index in [4.69, 9.17) is 4.79 Å². The molecule has 0 spiro atoms. The Kier molecular flexibility index (Phi) is 8.97. The van der Waals surface area contributed by atoms with Gasteiger partial charge in [-0.1, -0.05) is 6.92 Å². The number of nitrogens with one attached hydrogen (secondary N) is 1. The zero-order chi connectivity index (χ0) is 16.4. The summed E-state index contributed by atoms with van der Waals surface area (Å²) in [6, 6.07) is 0.864. The van der Waals surface area contributed by atoms with Gasteiger partial charge in [-0.3, -0.25) is 9.69 Å². The molecule has 130 valence electrons. The molecule has 2 rings (SSSR count). The lowest BCUT2D eigenvalue weighted by molar-refractivity contribution is -0.156. The van der Waals surface area contributed by atoms with Crippen molar-refractivity contribution in [2.75, 3.05) is 45.8 Å². The van der Waals surface area contributed by atoms with Crippen LogP contribution >= 0.6 is 0 Å². The summed E-state index contributed by atoms with van der Waals surface area (Å²) in [7, 11) is 0. The van der Waals surface area contributed by atoms with Gasteiger partial charge in [0.1, 0.15) is 0 Å². The fraction of sp³-hybridized carbons (Fsp3) is 0.933. The summed E-state index contributed by atoms with van der Waals surface area (Å²) in [4.78, 5) is 14.1. The van der Waals surface area contributed by atoms with E-state index in [0.29, 0.717) is 0 Å². The Bertz CT molecular complexity index is 307. The van der Waals surface area contributed by atoms with Crippen molar-refractivity contribution in [1.82, 2.24) is 15.1 Å². The molecule has 0 aliphatic carbocycles. The largest absolute Gasteiger partial charge is 0.446 e. The van der Waals surface area contributed by atoms with E-state index in [0.717, 1.165) is 6.04 Å². The molecule has 0 aromatic rings. The highest BCUT2D eigenvalue weighted by atomic mass is 19.4. The zero-order valence-corrected chi connectivity index (χ0v) is 13.4. The average molecular weight is 323 g/mol. The lowest BCUT2D eigenvalue weighted by atomic mass is 10.0. The summed E-state index contributed by atoms with van der Waals surface area (Å²) >= 11 is 0. The van der Waals surface area contributed by atoms with Gasteiger partial charge in [-0.05, 0) is 58.4 Å². The molecule has 0 unspecified atom stereocenters. The maximum absolute atomic E-state index is 10.4. The van der Waals surface area contributed by atoms with Crippen molar-refractivity contribution in [1.29, 1.82) is 0 Å². The summed E-state index contributed by atoms with van der Waals surface area (Å²) < 4.78 is 31.2. The smallest absolute Gasteiger partial charge is 0.317 e. The monoisotopic (exact) mass is 323 g/mol. The van der Waals surface area contributed by atoms with Crippen molar-refractivity contribution in [3.05, 3.63) is 0 Å². The van der Waals surface area contributed by atoms with Crippen molar-refractivity contribution in [3.63, 3.8) is 0 Å². The molecular formula is C15H28F3N3O. The fourth-order valence-corrected chi connectivity index (χ4v) is 3.07. The molecule has 1 N–H and O–H groups in total. The molecule has 0 saturated carbocycles. The number of nitrogens with zero attached hydrogens (tertiary/aromatic N) is 2. The number of carbonyl (C=O) groups excluding carboxylic acids is 1. The van der Waals surface area contributed by atoms with E-state index in [1.165, 1.54) is 71.5 Å². The molecule has 22 heavy (non-hydrogen) atoms. The van der Waals surface area contributed by atoms with Crippen LogP contribution in [0.25, 0.3) is 0 Å². The van der Waals surface area contributed by atoms with E-state index in [1.807, 2.05) is 0 Å². The van der Waals surface area contributed by atoms with Gasteiger partial charge < -0.3 is 10.2 Å². The van der Waals surface area contributed by atoms with Crippen LogP contribution in [0.2, 0.25) is 0 Å². The molecule has 0 radical (unpaired) electrons. The van der Waals surface area contributed by atoms with Crippen molar-refractivity contribution in [3.8, 4) is 0 Å². The lowest BCUT2D eigenvalue weighted by Gasteiger charge is -2.33. The number of hydrogen-bond acceptors (Lipinski definition) is 4. The lowest BCUT2D eigenvalue weighted by Crippen LogP contribution is -2.44. The molecule has 0 atom stereocenters. The Hall–Kier alpha value is -0.660. The number of hydrogen-bond donors (Lipinski definition) is 1. The normalized spacial score (nSPS) is 22.5. The van der Waals surface area contributed by atoms with Crippen LogP contribution < -0.4 is 5.32 Å². The molecule has 2 heterocycles. The Morgan fingerprint density at radius 1 is 1.14 bits per heavy atom. The second-order valence-corrected chi connectivity index (χ2v) is 5.87. The molecule has 4 nitrogen and oxygen atoms in total. The van der Waals surface area contributed by atoms with Gasteiger partial charge in [0.2, 0.25) is 6.29 Å². The molecule has 2 fully saturated rings. The fourth-order valence-electron chi connectivity index (χ4n) is 3.07. The number of piperidine rings is 1. The molecule has 2 saturated heterocycles. The van der Waals surface area contributed by atoms with Gasteiger partial charge in [0.15, 0.2) is 0 Å². The molecule has 0 aromatic heterocycles. The van der Waals surface area contributed by atoms with Crippen LogP contribution in [0, 0.1) is 0 Å². The summed E-state index contributed by atoms with van der Waals surface area (Å²) in [5.74, 6) is 0. The number of halogens is 3. The standard InChI is InChI=1S/C13H27N3.C2HF3O/c1-2-8-15-9-3-10-16(12-11-15)13-4-6-14-7-5-13;3-2(4,5)1-6/h13-14H,2-12H2,1H3;1H. The highest BCUT2D eigenvalue weighted by Crippen LogP contribution is 2.14.